The van der Waals surface area contributed by atoms with Crippen molar-refractivity contribution in [3.05, 3.63) is 100 Å². The summed E-state index contributed by atoms with van der Waals surface area (Å²) in [6, 6.07) is 23.3. The SMILES string of the molecule is CCN(CC)S(=O)(=O)c1cc([N+](=O)[O-])ccc1N/N=C/C(c1ccccc1)c1ccccc1. The van der Waals surface area contributed by atoms with Crippen molar-refractivity contribution in [3.8, 4) is 0 Å². The van der Waals surface area contributed by atoms with E-state index in [0.717, 1.165) is 17.2 Å². The van der Waals surface area contributed by atoms with E-state index in [4.69, 9.17) is 0 Å². The van der Waals surface area contributed by atoms with Gasteiger partial charge in [0.1, 0.15) is 4.90 Å². The van der Waals surface area contributed by atoms with Crippen molar-refractivity contribution < 1.29 is 13.3 Å². The van der Waals surface area contributed by atoms with Gasteiger partial charge in [0.25, 0.3) is 5.69 Å². The van der Waals surface area contributed by atoms with Crippen LogP contribution < -0.4 is 5.43 Å². The number of hydrazone groups is 1. The molecule has 0 aliphatic carbocycles. The van der Waals surface area contributed by atoms with Crippen molar-refractivity contribution in [2.75, 3.05) is 18.5 Å². The monoisotopic (exact) mass is 466 g/mol. The Labute approximate surface area is 193 Å². The Bertz CT molecular complexity index is 1170. The number of nitrogens with one attached hydrogen (secondary N) is 1. The van der Waals surface area contributed by atoms with Crippen LogP contribution in [0.2, 0.25) is 0 Å². The van der Waals surface area contributed by atoms with Crippen LogP contribution >= 0.6 is 0 Å². The topological polar surface area (TPSA) is 105 Å². The predicted molar refractivity (Wildman–Crippen MR) is 130 cm³/mol. The molecule has 172 valence electrons. The van der Waals surface area contributed by atoms with E-state index in [0.29, 0.717) is 0 Å². The normalized spacial score (nSPS) is 11.9. The fourth-order valence-electron chi connectivity index (χ4n) is 3.50. The standard InChI is InChI=1S/C24H26N4O4S/c1-3-27(4-2)33(31,32)24-17-21(28(29)30)15-16-23(24)26-25-18-22(19-11-7-5-8-12-19)20-13-9-6-10-14-20/h5-18,22,26H,3-4H2,1-2H3/b25-18+. The summed E-state index contributed by atoms with van der Waals surface area (Å²) in [5.41, 5.74) is 4.71. The highest BCUT2D eigenvalue weighted by Gasteiger charge is 2.27. The number of nitrogens with zero attached hydrogens (tertiary/aromatic N) is 3. The Kier molecular flexibility index (Phi) is 7.92. The summed E-state index contributed by atoms with van der Waals surface area (Å²) in [6.45, 7) is 3.92. The predicted octanol–water partition coefficient (Wildman–Crippen LogP) is 4.86. The minimum absolute atomic E-state index is 0.166. The number of sulfonamides is 1. The van der Waals surface area contributed by atoms with E-state index in [9.17, 15) is 18.5 Å². The van der Waals surface area contributed by atoms with Crippen LogP contribution in [0.15, 0.2) is 88.9 Å². The average molecular weight is 467 g/mol. The molecule has 0 saturated carbocycles. The molecule has 0 bridgehead atoms. The molecule has 1 N–H and O–H groups in total. The summed E-state index contributed by atoms with van der Waals surface area (Å²) in [5, 5.41) is 15.6. The van der Waals surface area contributed by atoms with Crippen LogP contribution in [-0.2, 0) is 10.0 Å². The van der Waals surface area contributed by atoms with Gasteiger partial charge in [-0.25, -0.2) is 8.42 Å². The molecule has 0 aliphatic heterocycles. The minimum atomic E-state index is -3.95. The van der Waals surface area contributed by atoms with Crippen molar-refractivity contribution in [1.29, 1.82) is 0 Å². The van der Waals surface area contributed by atoms with Crippen LogP contribution in [0.3, 0.4) is 0 Å². The van der Waals surface area contributed by atoms with E-state index in [1.54, 1.807) is 20.1 Å². The lowest BCUT2D eigenvalue weighted by Gasteiger charge is -2.20. The molecule has 3 rings (SSSR count). The molecule has 0 saturated heterocycles. The summed E-state index contributed by atoms with van der Waals surface area (Å²) >= 11 is 0. The number of nitro benzene ring substituents is 1. The summed E-state index contributed by atoms with van der Waals surface area (Å²) in [6.07, 6.45) is 1.69. The largest absolute Gasteiger partial charge is 0.277 e. The molecular formula is C24H26N4O4S. The van der Waals surface area contributed by atoms with Gasteiger partial charge in [-0.3, -0.25) is 15.5 Å². The number of anilines is 1. The van der Waals surface area contributed by atoms with Gasteiger partial charge in [-0.05, 0) is 17.2 Å². The molecule has 0 atom stereocenters. The highest BCUT2D eigenvalue weighted by Crippen LogP contribution is 2.29. The van der Waals surface area contributed by atoms with Crippen LogP contribution in [0.1, 0.15) is 30.9 Å². The molecule has 8 nitrogen and oxygen atoms in total. The van der Waals surface area contributed by atoms with Crippen molar-refractivity contribution in [3.63, 3.8) is 0 Å². The third-order valence-corrected chi connectivity index (χ3v) is 7.32. The second kappa shape index (κ2) is 10.8. The van der Waals surface area contributed by atoms with E-state index in [2.05, 4.69) is 10.5 Å². The van der Waals surface area contributed by atoms with Gasteiger partial charge in [0, 0.05) is 37.4 Å². The maximum atomic E-state index is 13.1. The number of non-ortho nitro benzene ring substituents is 1. The average Bonchev–Trinajstić information content (AvgIpc) is 2.83. The number of hydrogen-bond donors (Lipinski definition) is 1. The number of hydrogen-bond acceptors (Lipinski definition) is 6. The zero-order chi connectivity index (χ0) is 23.8. The lowest BCUT2D eigenvalue weighted by atomic mass is 9.92. The smallest absolute Gasteiger partial charge is 0.270 e. The van der Waals surface area contributed by atoms with Crippen molar-refractivity contribution in [2.24, 2.45) is 5.10 Å². The fourth-order valence-corrected chi connectivity index (χ4v) is 5.12. The van der Waals surface area contributed by atoms with E-state index in [1.807, 2.05) is 60.7 Å². The first kappa shape index (κ1) is 24.1. The van der Waals surface area contributed by atoms with Gasteiger partial charge in [-0.15, -0.1) is 0 Å². The molecule has 3 aromatic rings. The minimum Gasteiger partial charge on any atom is -0.277 e. The van der Waals surface area contributed by atoms with E-state index >= 15 is 0 Å². The van der Waals surface area contributed by atoms with Gasteiger partial charge in [-0.1, -0.05) is 74.5 Å². The van der Waals surface area contributed by atoms with Gasteiger partial charge < -0.3 is 0 Å². The van der Waals surface area contributed by atoms with Gasteiger partial charge in [-0.2, -0.15) is 9.41 Å². The molecular weight excluding hydrogens is 440 g/mol. The first-order valence-corrected chi connectivity index (χ1v) is 12.0. The zero-order valence-corrected chi connectivity index (χ0v) is 19.3. The maximum Gasteiger partial charge on any atom is 0.270 e. The first-order chi connectivity index (χ1) is 15.9. The summed E-state index contributed by atoms with van der Waals surface area (Å²) in [4.78, 5) is 10.5. The van der Waals surface area contributed by atoms with Gasteiger partial charge in [0.2, 0.25) is 10.0 Å². The zero-order valence-electron chi connectivity index (χ0n) is 18.5. The Balaban J connectivity index is 1.99. The van der Waals surface area contributed by atoms with Crippen LogP contribution in [0.25, 0.3) is 0 Å². The summed E-state index contributed by atoms with van der Waals surface area (Å²) in [7, 11) is -3.95. The van der Waals surface area contributed by atoms with Gasteiger partial charge in [0.15, 0.2) is 0 Å². The fraction of sp³-hybridized carbons (Fsp3) is 0.208. The van der Waals surface area contributed by atoms with Crippen LogP contribution in [0, 0.1) is 10.1 Å². The van der Waals surface area contributed by atoms with Crippen molar-refractivity contribution >= 4 is 27.6 Å². The molecule has 33 heavy (non-hydrogen) atoms. The molecule has 0 fully saturated rings. The quantitative estimate of drug-likeness (QED) is 0.261. The maximum absolute atomic E-state index is 13.1. The van der Waals surface area contributed by atoms with Gasteiger partial charge >= 0.3 is 0 Å². The van der Waals surface area contributed by atoms with Crippen LogP contribution in [-0.4, -0.2) is 37.0 Å². The van der Waals surface area contributed by atoms with E-state index in [-0.39, 0.29) is 35.3 Å². The lowest BCUT2D eigenvalue weighted by molar-refractivity contribution is -0.385. The number of nitro groups is 1. The van der Waals surface area contributed by atoms with Crippen molar-refractivity contribution in [1.82, 2.24) is 4.31 Å². The van der Waals surface area contributed by atoms with Crippen molar-refractivity contribution in [2.45, 2.75) is 24.7 Å². The molecule has 3 aromatic carbocycles. The summed E-state index contributed by atoms with van der Waals surface area (Å²) < 4.78 is 27.5. The Morgan fingerprint density at radius 3 is 2.00 bits per heavy atom. The molecule has 0 unspecified atom stereocenters. The highest BCUT2D eigenvalue weighted by molar-refractivity contribution is 7.89. The number of rotatable bonds is 10. The molecule has 0 heterocycles. The van der Waals surface area contributed by atoms with Crippen LogP contribution in [0.5, 0.6) is 0 Å². The lowest BCUT2D eigenvalue weighted by Crippen LogP contribution is -2.31. The second-order valence-electron chi connectivity index (χ2n) is 7.22. The number of benzene rings is 3. The first-order valence-electron chi connectivity index (χ1n) is 10.6. The third kappa shape index (κ3) is 5.63. The second-order valence-corrected chi connectivity index (χ2v) is 9.12. The third-order valence-electron chi connectivity index (χ3n) is 5.23. The molecule has 0 aliphatic rings. The Morgan fingerprint density at radius 2 is 1.52 bits per heavy atom. The van der Waals surface area contributed by atoms with Crippen LogP contribution in [0.4, 0.5) is 11.4 Å². The van der Waals surface area contributed by atoms with E-state index < -0.39 is 14.9 Å². The van der Waals surface area contributed by atoms with E-state index in [1.165, 1.54) is 16.4 Å². The Hall–Kier alpha value is -3.56. The Morgan fingerprint density at radius 1 is 0.970 bits per heavy atom. The molecule has 9 heteroatoms. The molecule has 0 aromatic heterocycles. The molecule has 0 radical (unpaired) electrons. The van der Waals surface area contributed by atoms with Gasteiger partial charge in [0.05, 0.1) is 10.6 Å². The molecule has 0 amide bonds. The molecule has 0 spiro atoms. The highest BCUT2D eigenvalue weighted by atomic mass is 32.2. The summed E-state index contributed by atoms with van der Waals surface area (Å²) in [5.74, 6) is -0.166.